The number of rotatable bonds is 9. The van der Waals surface area contributed by atoms with Crippen molar-refractivity contribution in [1.29, 1.82) is 0 Å². The maximum absolute atomic E-state index is 12.4. The quantitative estimate of drug-likeness (QED) is 0.686. The molecule has 1 heterocycles. The molecule has 1 aromatic heterocycles. The second-order valence-electron chi connectivity index (χ2n) is 6.22. The molecular formula is C15H24N2O3S. The molecule has 2 saturated carbocycles. The van der Waals surface area contributed by atoms with Crippen LogP contribution in [0.3, 0.4) is 0 Å². The molecule has 0 aromatic carbocycles. The third-order valence-corrected chi connectivity index (χ3v) is 5.51. The first-order valence-corrected chi connectivity index (χ1v) is 9.40. The average molecular weight is 312 g/mol. The van der Waals surface area contributed by atoms with E-state index in [0.717, 1.165) is 38.6 Å². The van der Waals surface area contributed by atoms with E-state index in [1.807, 2.05) is 0 Å². The lowest BCUT2D eigenvalue weighted by Crippen LogP contribution is -2.37. The van der Waals surface area contributed by atoms with Crippen molar-refractivity contribution < 1.29 is 12.8 Å². The number of furan rings is 1. The zero-order valence-electron chi connectivity index (χ0n) is 12.5. The molecule has 0 spiro atoms. The van der Waals surface area contributed by atoms with Crippen LogP contribution in [0.2, 0.25) is 0 Å². The molecule has 1 aromatic rings. The molecule has 0 amide bonds. The summed E-state index contributed by atoms with van der Waals surface area (Å²) in [7, 11) is -3.52. The maximum atomic E-state index is 12.4. The molecule has 6 heteroatoms. The topological polar surface area (TPSA) is 71.3 Å². The van der Waals surface area contributed by atoms with Crippen LogP contribution in [-0.2, 0) is 16.6 Å². The molecule has 0 atom stereocenters. The molecular weight excluding hydrogens is 288 g/mol. The van der Waals surface area contributed by atoms with Gasteiger partial charge in [0.15, 0.2) is 0 Å². The number of hydrogen-bond donors (Lipinski definition) is 2. The first-order chi connectivity index (χ1) is 10.1. The van der Waals surface area contributed by atoms with Crippen molar-refractivity contribution >= 4 is 10.0 Å². The Morgan fingerprint density at radius 3 is 2.48 bits per heavy atom. The molecule has 0 saturated heterocycles. The van der Waals surface area contributed by atoms with Crippen LogP contribution in [0.15, 0.2) is 21.6 Å². The Morgan fingerprint density at radius 2 is 1.90 bits per heavy atom. The minimum absolute atomic E-state index is 0.0436. The second-order valence-corrected chi connectivity index (χ2v) is 7.86. The largest absolute Gasteiger partial charge is 0.447 e. The van der Waals surface area contributed by atoms with Gasteiger partial charge in [-0.25, -0.2) is 13.1 Å². The van der Waals surface area contributed by atoms with Gasteiger partial charge in [0.25, 0.3) is 10.0 Å². The van der Waals surface area contributed by atoms with E-state index in [4.69, 9.17) is 4.42 Å². The Kier molecular flexibility index (Phi) is 4.38. The van der Waals surface area contributed by atoms with Crippen LogP contribution >= 0.6 is 0 Å². The number of nitrogens with one attached hydrogen (secondary N) is 2. The number of sulfonamides is 1. The van der Waals surface area contributed by atoms with Gasteiger partial charge in [-0.1, -0.05) is 6.92 Å². The predicted molar refractivity (Wildman–Crippen MR) is 80.3 cm³/mol. The molecule has 3 rings (SSSR count). The molecule has 5 nitrogen and oxygen atoms in total. The van der Waals surface area contributed by atoms with Crippen LogP contribution in [-0.4, -0.2) is 21.0 Å². The van der Waals surface area contributed by atoms with Crippen molar-refractivity contribution in [1.82, 2.24) is 10.0 Å². The molecule has 0 radical (unpaired) electrons. The van der Waals surface area contributed by atoms with Crippen molar-refractivity contribution in [3.05, 3.63) is 17.9 Å². The number of hydrogen-bond acceptors (Lipinski definition) is 4. The van der Waals surface area contributed by atoms with Gasteiger partial charge in [0.1, 0.15) is 5.76 Å². The SMILES string of the molecule is CCCNCc1ccc(S(=O)(=O)NC(C2CC2)C2CC2)o1. The molecule has 2 aliphatic rings. The van der Waals surface area contributed by atoms with E-state index in [2.05, 4.69) is 17.0 Å². The van der Waals surface area contributed by atoms with Gasteiger partial charge >= 0.3 is 0 Å². The molecule has 0 aliphatic heterocycles. The summed E-state index contributed by atoms with van der Waals surface area (Å²) < 4.78 is 33.2. The van der Waals surface area contributed by atoms with Crippen LogP contribution in [0.5, 0.6) is 0 Å². The zero-order chi connectivity index (χ0) is 14.9. The summed E-state index contributed by atoms with van der Waals surface area (Å²) in [6.45, 7) is 3.55. The zero-order valence-corrected chi connectivity index (χ0v) is 13.3. The summed E-state index contributed by atoms with van der Waals surface area (Å²) in [5.74, 6) is 1.74. The molecule has 21 heavy (non-hydrogen) atoms. The smallest absolute Gasteiger partial charge is 0.274 e. The highest BCUT2D eigenvalue weighted by Crippen LogP contribution is 2.45. The van der Waals surface area contributed by atoms with Gasteiger partial charge in [0.2, 0.25) is 5.09 Å². The van der Waals surface area contributed by atoms with E-state index in [1.165, 1.54) is 0 Å². The molecule has 2 aliphatic carbocycles. The summed E-state index contributed by atoms with van der Waals surface area (Å²) in [5, 5.41) is 3.25. The van der Waals surface area contributed by atoms with E-state index in [-0.39, 0.29) is 11.1 Å². The van der Waals surface area contributed by atoms with Crippen molar-refractivity contribution in [3.8, 4) is 0 Å². The monoisotopic (exact) mass is 312 g/mol. The second kappa shape index (κ2) is 6.10. The summed E-state index contributed by atoms with van der Waals surface area (Å²) in [6.07, 6.45) is 5.63. The highest BCUT2D eigenvalue weighted by molar-refractivity contribution is 7.89. The third kappa shape index (κ3) is 3.87. The molecule has 0 bridgehead atoms. The van der Waals surface area contributed by atoms with Gasteiger partial charge in [0.05, 0.1) is 6.54 Å². The molecule has 0 unspecified atom stereocenters. The lowest BCUT2D eigenvalue weighted by atomic mass is 10.1. The van der Waals surface area contributed by atoms with Crippen LogP contribution in [0.1, 0.15) is 44.8 Å². The van der Waals surface area contributed by atoms with E-state index < -0.39 is 10.0 Å². The minimum atomic E-state index is -3.52. The van der Waals surface area contributed by atoms with E-state index in [9.17, 15) is 8.42 Å². The minimum Gasteiger partial charge on any atom is -0.447 e. The fourth-order valence-corrected chi connectivity index (χ4v) is 4.03. The third-order valence-electron chi connectivity index (χ3n) is 4.18. The highest BCUT2D eigenvalue weighted by atomic mass is 32.2. The van der Waals surface area contributed by atoms with Crippen LogP contribution in [0, 0.1) is 11.8 Å². The summed E-state index contributed by atoms with van der Waals surface area (Å²) in [6, 6.07) is 3.41. The fraction of sp³-hybridized carbons (Fsp3) is 0.733. The van der Waals surface area contributed by atoms with Gasteiger partial charge in [-0.3, -0.25) is 0 Å². The normalized spacial score (nSPS) is 19.3. The predicted octanol–water partition coefficient (Wildman–Crippen LogP) is 2.25. The molecule has 2 N–H and O–H groups in total. The Bertz CT molecular complexity index is 561. The summed E-state index contributed by atoms with van der Waals surface area (Å²) >= 11 is 0. The maximum Gasteiger partial charge on any atom is 0.274 e. The van der Waals surface area contributed by atoms with Crippen molar-refractivity contribution in [3.63, 3.8) is 0 Å². The van der Waals surface area contributed by atoms with Gasteiger partial charge in [-0.15, -0.1) is 0 Å². The summed E-state index contributed by atoms with van der Waals surface area (Å²) in [5.41, 5.74) is 0. The van der Waals surface area contributed by atoms with Crippen molar-refractivity contribution in [2.75, 3.05) is 6.54 Å². The first kappa shape index (κ1) is 15.1. The van der Waals surface area contributed by atoms with Crippen molar-refractivity contribution in [2.45, 2.75) is 56.7 Å². The van der Waals surface area contributed by atoms with E-state index in [1.54, 1.807) is 12.1 Å². The van der Waals surface area contributed by atoms with Gasteiger partial charge < -0.3 is 9.73 Å². The highest BCUT2D eigenvalue weighted by Gasteiger charge is 2.43. The average Bonchev–Trinajstić information content (AvgIpc) is 3.36. The molecule has 2 fully saturated rings. The fourth-order valence-electron chi connectivity index (χ4n) is 2.71. The van der Waals surface area contributed by atoms with Gasteiger partial charge in [-0.2, -0.15) is 0 Å². The molecule has 118 valence electrons. The Morgan fingerprint density at radius 1 is 1.24 bits per heavy atom. The first-order valence-electron chi connectivity index (χ1n) is 7.92. The van der Waals surface area contributed by atoms with Crippen LogP contribution in [0.25, 0.3) is 0 Å². The van der Waals surface area contributed by atoms with E-state index >= 15 is 0 Å². The van der Waals surface area contributed by atoms with Crippen LogP contribution in [0.4, 0.5) is 0 Å². The lowest BCUT2D eigenvalue weighted by molar-refractivity contribution is 0.392. The van der Waals surface area contributed by atoms with E-state index in [0.29, 0.717) is 24.1 Å². The van der Waals surface area contributed by atoms with Gasteiger partial charge in [-0.05, 0) is 62.6 Å². The Hall–Kier alpha value is -0.850. The lowest BCUT2D eigenvalue weighted by Gasteiger charge is -2.16. The van der Waals surface area contributed by atoms with Crippen molar-refractivity contribution in [2.24, 2.45) is 11.8 Å². The standard InChI is InChI=1S/C15H24N2O3S/c1-2-9-16-10-13-7-8-14(20-13)21(18,19)17-15(11-3-4-11)12-5-6-12/h7-8,11-12,15-17H,2-6,9-10H2,1H3. The Balaban J connectivity index is 1.63. The Labute approximate surface area is 126 Å². The van der Waals surface area contributed by atoms with Gasteiger partial charge in [0, 0.05) is 6.04 Å². The summed E-state index contributed by atoms with van der Waals surface area (Å²) in [4.78, 5) is 0. The van der Waals surface area contributed by atoms with Crippen LogP contribution < -0.4 is 10.0 Å².